The van der Waals surface area contributed by atoms with Crippen molar-refractivity contribution in [1.82, 2.24) is 0 Å². The first kappa shape index (κ1) is 6.45. The van der Waals surface area contributed by atoms with E-state index in [4.69, 9.17) is 11.3 Å². The Bertz CT molecular complexity index is 90.7. The molecule has 0 N–H and O–H groups in total. The van der Waals surface area contributed by atoms with Crippen LogP contribution in [0.2, 0.25) is 0 Å². The van der Waals surface area contributed by atoms with Gasteiger partial charge in [-0.15, -0.1) is 0 Å². The second-order valence-corrected chi connectivity index (χ2v) is 1.78. The number of ether oxygens (including phenoxy) is 1. The van der Waals surface area contributed by atoms with Gasteiger partial charge in [0.2, 0.25) is 0 Å². The maximum absolute atomic E-state index is 4.92. The molecule has 2 nitrogen and oxygen atoms in total. The van der Waals surface area contributed by atoms with Crippen molar-refractivity contribution in [2.75, 3.05) is 7.11 Å². The third-order valence-corrected chi connectivity index (χ3v) is 0.810. The van der Waals surface area contributed by atoms with Gasteiger partial charge in [-0.05, 0) is 4.85 Å². The second kappa shape index (κ2) is 1.94. The summed E-state index contributed by atoms with van der Waals surface area (Å²) < 4.78 is 4.80. The molecule has 0 unspecified atom stereocenters. The van der Waals surface area contributed by atoms with E-state index < -0.39 is 5.72 Å². The Morgan fingerprint density at radius 2 is 2.00 bits per heavy atom. The summed E-state index contributed by atoms with van der Waals surface area (Å²) in [5.74, 6) is 0. The molecule has 0 atom stereocenters. The van der Waals surface area contributed by atoms with Crippen molar-refractivity contribution >= 4 is 0 Å². The quantitative estimate of drug-likeness (QED) is 0.484. The summed E-state index contributed by atoms with van der Waals surface area (Å²) in [6.07, 6.45) is 0. The zero-order valence-corrected chi connectivity index (χ0v) is 4.93. The van der Waals surface area contributed by atoms with Crippen molar-refractivity contribution in [3.63, 3.8) is 0 Å². The monoisotopic (exact) mass is 100 g/mol. The molecule has 0 saturated carbocycles. The summed E-state index contributed by atoms with van der Waals surface area (Å²) >= 11 is 0. The molecule has 2 heteroatoms. The molecule has 0 aromatic heterocycles. The molecule has 0 aliphatic rings. The fourth-order valence-electron chi connectivity index (χ4n) is 0.0527. The zero-order valence-electron chi connectivity index (χ0n) is 4.93. The van der Waals surface area contributed by atoms with Crippen molar-refractivity contribution < 1.29 is 4.74 Å². The van der Waals surface area contributed by atoms with Crippen LogP contribution in [0.15, 0.2) is 0 Å². The van der Waals surface area contributed by atoms with E-state index >= 15 is 0 Å². The van der Waals surface area contributed by atoms with Gasteiger partial charge in [0, 0.05) is 21.0 Å². The highest BCUT2D eigenvalue weighted by Crippen LogP contribution is 2.06. The standard InChI is InChI=1S/C5H10NO/c1-5(2,6-3)7-4/h3H,1-2,4H3/q+1. The van der Waals surface area contributed by atoms with Crippen LogP contribution in [0.5, 0.6) is 0 Å². The molecule has 0 bridgehead atoms. The molecule has 7 heavy (non-hydrogen) atoms. The van der Waals surface area contributed by atoms with E-state index in [9.17, 15) is 0 Å². The lowest BCUT2D eigenvalue weighted by atomic mass is 10.3. The molecule has 40 valence electrons. The van der Waals surface area contributed by atoms with Gasteiger partial charge < -0.3 is 4.74 Å². The van der Waals surface area contributed by atoms with Crippen LogP contribution in [0.4, 0.5) is 0 Å². The number of rotatable bonds is 1. The number of methoxy groups -OCH3 is 1. The maximum atomic E-state index is 4.92. The van der Waals surface area contributed by atoms with Crippen molar-refractivity contribution in [2.24, 2.45) is 0 Å². The SMILES string of the molecule is C#[N+]C(C)(C)OC. The predicted octanol–water partition coefficient (Wildman–Crippen LogP) is 1.33. The van der Waals surface area contributed by atoms with Crippen molar-refractivity contribution in [3.8, 4) is 6.57 Å². The summed E-state index contributed by atoms with van der Waals surface area (Å²) in [6.45, 7) is 8.49. The predicted molar refractivity (Wildman–Crippen MR) is 29.4 cm³/mol. The Hall–Kier alpha value is -0.550. The summed E-state index contributed by atoms with van der Waals surface area (Å²) in [5.41, 5.74) is -0.514. The molecule has 0 fully saturated rings. The first-order chi connectivity index (χ1) is 3.12. The van der Waals surface area contributed by atoms with Gasteiger partial charge in [0.05, 0.1) is 0 Å². The van der Waals surface area contributed by atoms with Gasteiger partial charge >= 0.3 is 5.72 Å². The highest BCUT2D eigenvalue weighted by Gasteiger charge is 2.24. The van der Waals surface area contributed by atoms with Gasteiger partial charge in [-0.3, -0.25) is 0 Å². The van der Waals surface area contributed by atoms with E-state index in [0.717, 1.165) is 0 Å². The maximum Gasteiger partial charge on any atom is 0.378 e. The molecule has 0 amide bonds. The van der Waals surface area contributed by atoms with Crippen LogP contribution >= 0.6 is 0 Å². The first-order valence-electron chi connectivity index (χ1n) is 2.09. The Kier molecular flexibility index (Phi) is 1.79. The van der Waals surface area contributed by atoms with E-state index in [-0.39, 0.29) is 0 Å². The average Bonchev–Trinajstić information content (AvgIpc) is 1.68. The summed E-state index contributed by atoms with van der Waals surface area (Å²) in [4.78, 5) is 3.42. The summed E-state index contributed by atoms with van der Waals surface area (Å²) in [5, 5.41) is 0. The van der Waals surface area contributed by atoms with Gasteiger partial charge in [-0.2, -0.15) is 0 Å². The fraction of sp³-hybridized carbons (Fsp3) is 0.800. The topological polar surface area (TPSA) is 13.6 Å². The molecule has 0 radical (unpaired) electrons. The molecule has 0 aromatic rings. The molecule has 0 spiro atoms. The van der Waals surface area contributed by atoms with E-state index in [1.807, 2.05) is 0 Å². The third kappa shape index (κ3) is 2.18. The Morgan fingerprint density at radius 3 is 2.00 bits per heavy atom. The Morgan fingerprint density at radius 1 is 1.57 bits per heavy atom. The Labute approximate surface area is 43.9 Å². The highest BCUT2D eigenvalue weighted by atomic mass is 16.5. The lowest BCUT2D eigenvalue weighted by molar-refractivity contribution is 0.0637. The largest absolute Gasteiger partial charge is 0.378 e. The van der Waals surface area contributed by atoms with Crippen molar-refractivity contribution in [3.05, 3.63) is 4.85 Å². The smallest absolute Gasteiger partial charge is 0.309 e. The van der Waals surface area contributed by atoms with Crippen LogP contribution in [0, 0.1) is 6.57 Å². The zero-order chi connectivity index (χ0) is 5.91. The molecule has 0 aromatic carbocycles. The van der Waals surface area contributed by atoms with Gasteiger partial charge in [0.1, 0.15) is 0 Å². The first-order valence-corrected chi connectivity index (χ1v) is 2.09. The van der Waals surface area contributed by atoms with Crippen LogP contribution in [-0.2, 0) is 4.74 Å². The fourth-order valence-corrected chi connectivity index (χ4v) is 0.0527. The molecular weight excluding hydrogens is 90.1 g/mol. The highest BCUT2D eigenvalue weighted by molar-refractivity contribution is 4.82. The molecule has 0 rings (SSSR count). The average molecular weight is 100 g/mol. The van der Waals surface area contributed by atoms with Crippen LogP contribution < -0.4 is 0 Å². The summed E-state index contributed by atoms with van der Waals surface area (Å²) in [6, 6.07) is 0. The number of nitrogens with zero attached hydrogens (tertiary/aromatic N) is 1. The van der Waals surface area contributed by atoms with Gasteiger partial charge in [0.15, 0.2) is 0 Å². The minimum atomic E-state index is -0.514. The van der Waals surface area contributed by atoms with Crippen LogP contribution in [0.3, 0.4) is 0 Å². The van der Waals surface area contributed by atoms with Gasteiger partial charge in [-0.1, -0.05) is 0 Å². The normalized spacial score (nSPS) is 10.6. The van der Waals surface area contributed by atoms with Crippen LogP contribution in [-0.4, -0.2) is 12.8 Å². The lowest BCUT2D eigenvalue weighted by Crippen LogP contribution is -2.15. The van der Waals surface area contributed by atoms with E-state index in [1.54, 1.807) is 21.0 Å². The van der Waals surface area contributed by atoms with E-state index in [1.165, 1.54) is 0 Å². The Balaban J connectivity index is 3.66. The minimum absolute atomic E-state index is 0.514. The van der Waals surface area contributed by atoms with E-state index in [2.05, 4.69) is 4.85 Å². The van der Waals surface area contributed by atoms with Gasteiger partial charge in [-0.25, -0.2) is 0 Å². The number of hydrogen-bond acceptors (Lipinski definition) is 1. The molecule has 0 aliphatic heterocycles. The van der Waals surface area contributed by atoms with Crippen molar-refractivity contribution in [1.29, 1.82) is 0 Å². The third-order valence-electron chi connectivity index (χ3n) is 0.810. The number of hydrogen-bond donors (Lipinski definition) is 0. The molecule has 0 saturated heterocycles. The molecule has 0 heterocycles. The van der Waals surface area contributed by atoms with Crippen molar-refractivity contribution in [2.45, 2.75) is 19.6 Å². The lowest BCUT2D eigenvalue weighted by Gasteiger charge is -1.99. The minimum Gasteiger partial charge on any atom is -0.309 e. The second-order valence-electron chi connectivity index (χ2n) is 1.78. The molecular formula is C5H10NO+. The van der Waals surface area contributed by atoms with Crippen LogP contribution in [0.1, 0.15) is 13.8 Å². The summed E-state index contributed by atoms with van der Waals surface area (Å²) in [7, 11) is 1.57. The van der Waals surface area contributed by atoms with Crippen LogP contribution in [0.25, 0.3) is 4.85 Å². The van der Waals surface area contributed by atoms with E-state index in [0.29, 0.717) is 0 Å². The van der Waals surface area contributed by atoms with Gasteiger partial charge in [0.25, 0.3) is 6.57 Å². The molecule has 0 aliphatic carbocycles.